The topological polar surface area (TPSA) is 15.3 Å². The van der Waals surface area contributed by atoms with Gasteiger partial charge < -0.3 is 5.32 Å². The summed E-state index contributed by atoms with van der Waals surface area (Å²) < 4.78 is 0. The first-order valence-corrected chi connectivity index (χ1v) is 8.67. The summed E-state index contributed by atoms with van der Waals surface area (Å²) >= 11 is 0. The monoisotopic (exact) mass is 286 g/mol. The second-order valence-corrected chi connectivity index (χ2v) is 7.43. The number of nitrogens with one attached hydrogen (secondary N) is 1. The van der Waals surface area contributed by atoms with E-state index in [1.54, 1.807) is 5.56 Å². The van der Waals surface area contributed by atoms with E-state index in [0.717, 1.165) is 12.6 Å². The first kappa shape index (κ1) is 15.1. The van der Waals surface area contributed by atoms with Crippen molar-refractivity contribution in [2.75, 3.05) is 19.6 Å². The lowest BCUT2D eigenvalue weighted by Crippen LogP contribution is -2.42. The van der Waals surface area contributed by atoms with E-state index in [2.05, 4.69) is 55.3 Å². The minimum Gasteiger partial charge on any atom is -0.308 e. The van der Waals surface area contributed by atoms with Crippen LogP contribution in [-0.2, 0) is 6.42 Å². The highest BCUT2D eigenvalue weighted by molar-refractivity contribution is 5.34. The summed E-state index contributed by atoms with van der Waals surface area (Å²) in [6.45, 7) is 10.6. The van der Waals surface area contributed by atoms with Crippen LogP contribution in [0.1, 0.15) is 57.2 Å². The number of rotatable bonds is 6. The van der Waals surface area contributed by atoms with Gasteiger partial charge in [-0.05, 0) is 48.8 Å². The molecule has 0 aliphatic heterocycles. The molecule has 1 unspecified atom stereocenters. The van der Waals surface area contributed by atoms with Crippen molar-refractivity contribution in [1.82, 2.24) is 10.2 Å². The summed E-state index contributed by atoms with van der Waals surface area (Å²) in [6, 6.07) is 10.4. The summed E-state index contributed by atoms with van der Waals surface area (Å²) in [4.78, 5) is 2.63. The fraction of sp³-hybridized carbons (Fsp3) is 0.684. The van der Waals surface area contributed by atoms with Gasteiger partial charge in [-0.3, -0.25) is 4.90 Å². The highest BCUT2D eigenvalue weighted by Crippen LogP contribution is 2.43. The zero-order valence-electron chi connectivity index (χ0n) is 13.9. The second-order valence-electron chi connectivity index (χ2n) is 7.43. The maximum absolute atomic E-state index is 3.87. The second kappa shape index (κ2) is 6.10. The van der Waals surface area contributed by atoms with Gasteiger partial charge in [-0.15, -0.1) is 0 Å². The Kier molecular flexibility index (Phi) is 4.37. The molecule has 0 aromatic heterocycles. The maximum Gasteiger partial charge on any atom is 0.0375 e. The molecule has 0 bridgehead atoms. The first-order valence-electron chi connectivity index (χ1n) is 8.67. The van der Waals surface area contributed by atoms with Gasteiger partial charge in [0.2, 0.25) is 0 Å². The van der Waals surface area contributed by atoms with Crippen LogP contribution in [-0.4, -0.2) is 30.6 Å². The van der Waals surface area contributed by atoms with E-state index >= 15 is 0 Å². The molecule has 0 saturated heterocycles. The summed E-state index contributed by atoms with van der Waals surface area (Å²) in [7, 11) is 0. The number of hydrogen-bond acceptors (Lipinski definition) is 2. The van der Waals surface area contributed by atoms with Gasteiger partial charge in [0.15, 0.2) is 0 Å². The van der Waals surface area contributed by atoms with Gasteiger partial charge >= 0.3 is 0 Å². The minimum absolute atomic E-state index is 0.352. The van der Waals surface area contributed by atoms with Crippen LogP contribution in [0.4, 0.5) is 0 Å². The Labute approximate surface area is 129 Å². The number of hydrogen-bond donors (Lipinski definition) is 1. The van der Waals surface area contributed by atoms with E-state index < -0.39 is 0 Å². The number of benzene rings is 1. The van der Waals surface area contributed by atoms with E-state index in [-0.39, 0.29) is 0 Å². The molecule has 0 amide bonds. The van der Waals surface area contributed by atoms with Gasteiger partial charge in [-0.2, -0.15) is 0 Å². The Morgan fingerprint density at radius 2 is 2.00 bits per heavy atom. The van der Waals surface area contributed by atoms with Crippen molar-refractivity contribution < 1.29 is 0 Å². The van der Waals surface area contributed by atoms with Crippen LogP contribution in [0.25, 0.3) is 0 Å². The number of nitrogens with zero attached hydrogens (tertiary/aromatic N) is 1. The van der Waals surface area contributed by atoms with Crippen LogP contribution < -0.4 is 5.32 Å². The van der Waals surface area contributed by atoms with Gasteiger partial charge in [0.1, 0.15) is 0 Å². The Morgan fingerprint density at radius 1 is 1.24 bits per heavy atom. The SMILES string of the molecule is CCN(CCNC1c2ccccc2CCC1(C)C)C1CC1. The summed E-state index contributed by atoms with van der Waals surface area (Å²) in [6.07, 6.45) is 5.32. The van der Waals surface area contributed by atoms with Crippen LogP contribution in [0.2, 0.25) is 0 Å². The fourth-order valence-electron chi connectivity index (χ4n) is 3.84. The highest BCUT2D eigenvalue weighted by atomic mass is 15.2. The molecule has 2 aliphatic carbocycles. The highest BCUT2D eigenvalue weighted by Gasteiger charge is 2.35. The molecule has 1 aromatic rings. The van der Waals surface area contributed by atoms with Crippen LogP contribution >= 0.6 is 0 Å². The predicted molar refractivity (Wildman–Crippen MR) is 89.6 cm³/mol. The zero-order chi connectivity index (χ0) is 14.9. The summed E-state index contributed by atoms with van der Waals surface area (Å²) in [5, 5.41) is 3.87. The van der Waals surface area contributed by atoms with Gasteiger partial charge in [0.05, 0.1) is 0 Å². The van der Waals surface area contributed by atoms with Crippen LogP contribution in [0.3, 0.4) is 0 Å². The molecule has 3 rings (SSSR count). The van der Waals surface area contributed by atoms with Crippen LogP contribution in [0.5, 0.6) is 0 Å². The van der Waals surface area contributed by atoms with Crippen molar-refractivity contribution in [3.8, 4) is 0 Å². The molecular formula is C19H30N2. The molecule has 2 heteroatoms. The van der Waals surface area contributed by atoms with E-state index in [4.69, 9.17) is 0 Å². The molecule has 2 nitrogen and oxygen atoms in total. The quantitative estimate of drug-likeness (QED) is 0.856. The molecule has 1 fully saturated rings. The van der Waals surface area contributed by atoms with Crippen molar-refractivity contribution in [3.63, 3.8) is 0 Å². The Bertz CT molecular complexity index is 476. The van der Waals surface area contributed by atoms with Crippen molar-refractivity contribution in [2.45, 2.75) is 58.5 Å². The number of fused-ring (bicyclic) bond motifs is 1. The van der Waals surface area contributed by atoms with Crippen molar-refractivity contribution in [1.29, 1.82) is 0 Å². The molecule has 0 radical (unpaired) electrons. The molecule has 0 spiro atoms. The van der Waals surface area contributed by atoms with Gasteiger partial charge in [-0.1, -0.05) is 45.0 Å². The Balaban J connectivity index is 1.65. The zero-order valence-corrected chi connectivity index (χ0v) is 13.9. The summed E-state index contributed by atoms with van der Waals surface area (Å²) in [5.41, 5.74) is 3.43. The molecule has 0 heterocycles. The van der Waals surface area contributed by atoms with Crippen LogP contribution in [0, 0.1) is 5.41 Å². The molecule has 1 aromatic carbocycles. The standard InChI is InChI=1S/C19H30N2/c1-4-21(16-9-10-16)14-13-20-18-17-8-6-5-7-15(17)11-12-19(18,2)3/h5-8,16,18,20H,4,9-14H2,1-3H3. The van der Waals surface area contributed by atoms with Crippen molar-refractivity contribution in [2.24, 2.45) is 5.41 Å². The normalized spacial score (nSPS) is 24.1. The third kappa shape index (κ3) is 3.32. The lowest BCUT2D eigenvalue weighted by atomic mass is 9.70. The van der Waals surface area contributed by atoms with E-state index in [0.29, 0.717) is 11.5 Å². The molecule has 1 atom stereocenters. The van der Waals surface area contributed by atoms with Crippen LogP contribution in [0.15, 0.2) is 24.3 Å². The predicted octanol–water partition coefficient (Wildman–Crippen LogP) is 3.77. The molecule has 2 aliphatic rings. The molecule has 116 valence electrons. The third-order valence-electron chi connectivity index (χ3n) is 5.40. The Hall–Kier alpha value is -0.860. The smallest absolute Gasteiger partial charge is 0.0375 e. The van der Waals surface area contributed by atoms with E-state index in [9.17, 15) is 0 Å². The molecule has 21 heavy (non-hydrogen) atoms. The lowest BCUT2D eigenvalue weighted by molar-refractivity contribution is 0.196. The van der Waals surface area contributed by atoms with E-state index in [1.165, 1.54) is 44.3 Å². The van der Waals surface area contributed by atoms with Crippen molar-refractivity contribution >= 4 is 0 Å². The minimum atomic E-state index is 0.352. The van der Waals surface area contributed by atoms with Gasteiger partial charge in [0.25, 0.3) is 0 Å². The molecule has 1 saturated carbocycles. The molecular weight excluding hydrogens is 256 g/mol. The number of likely N-dealkylation sites (N-methyl/N-ethyl adjacent to an activating group) is 1. The maximum atomic E-state index is 3.87. The van der Waals surface area contributed by atoms with E-state index in [1.807, 2.05) is 0 Å². The number of aryl methyl sites for hydroxylation is 1. The Morgan fingerprint density at radius 3 is 2.71 bits per heavy atom. The first-order chi connectivity index (χ1) is 10.1. The van der Waals surface area contributed by atoms with Crippen molar-refractivity contribution in [3.05, 3.63) is 35.4 Å². The third-order valence-corrected chi connectivity index (χ3v) is 5.40. The average Bonchev–Trinajstić information content (AvgIpc) is 3.30. The van der Waals surface area contributed by atoms with Gasteiger partial charge in [-0.25, -0.2) is 0 Å². The largest absolute Gasteiger partial charge is 0.308 e. The fourth-order valence-corrected chi connectivity index (χ4v) is 3.84. The molecule has 1 N–H and O–H groups in total. The van der Waals surface area contributed by atoms with Gasteiger partial charge in [0, 0.05) is 25.2 Å². The average molecular weight is 286 g/mol. The summed E-state index contributed by atoms with van der Waals surface area (Å²) in [5.74, 6) is 0. The lowest BCUT2D eigenvalue weighted by Gasteiger charge is -2.41.